The average Bonchev–Trinajstić information content (AvgIpc) is 3.03. The van der Waals surface area contributed by atoms with E-state index in [-0.39, 0.29) is 5.91 Å². The smallest absolute Gasteiger partial charge is 0.350 e. The first kappa shape index (κ1) is 14.2. The first-order chi connectivity index (χ1) is 9.56. The Balaban J connectivity index is 2.22. The molecule has 2 rings (SSSR count). The van der Waals surface area contributed by atoms with Crippen molar-refractivity contribution in [2.24, 2.45) is 7.05 Å². The van der Waals surface area contributed by atoms with Gasteiger partial charge in [0.1, 0.15) is 10.6 Å². The van der Waals surface area contributed by atoms with Gasteiger partial charge in [0.05, 0.1) is 12.8 Å². The van der Waals surface area contributed by atoms with Gasteiger partial charge in [0.15, 0.2) is 5.13 Å². The third-order valence-corrected chi connectivity index (χ3v) is 3.67. The van der Waals surface area contributed by atoms with Crippen molar-refractivity contribution < 1.29 is 14.3 Å². The number of amides is 1. The summed E-state index contributed by atoms with van der Waals surface area (Å²) in [4.78, 5) is 28.3. The number of thiazole rings is 1. The van der Waals surface area contributed by atoms with Gasteiger partial charge in [-0.3, -0.25) is 14.8 Å². The van der Waals surface area contributed by atoms with Crippen LogP contribution >= 0.6 is 11.3 Å². The number of carbonyl (C=O) groups is 2. The summed E-state index contributed by atoms with van der Waals surface area (Å²) >= 11 is 1.10. The summed E-state index contributed by atoms with van der Waals surface area (Å²) in [6, 6.07) is 1.60. The van der Waals surface area contributed by atoms with Crippen LogP contribution in [-0.2, 0) is 18.2 Å². The van der Waals surface area contributed by atoms with Crippen LogP contribution in [0.4, 0.5) is 5.13 Å². The molecule has 0 aliphatic carbocycles. The molecule has 106 valence electrons. The van der Waals surface area contributed by atoms with Gasteiger partial charge < -0.3 is 4.74 Å². The van der Waals surface area contributed by atoms with E-state index in [1.165, 1.54) is 18.0 Å². The maximum Gasteiger partial charge on any atom is 0.350 e. The van der Waals surface area contributed by atoms with E-state index >= 15 is 0 Å². The molecule has 2 heterocycles. The van der Waals surface area contributed by atoms with Crippen LogP contribution in [0.15, 0.2) is 12.3 Å². The Morgan fingerprint density at radius 2 is 2.25 bits per heavy atom. The topological polar surface area (TPSA) is 86.1 Å². The molecule has 0 aliphatic rings. The summed E-state index contributed by atoms with van der Waals surface area (Å²) in [5.74, 6) is -0.766. The molecule has 0 spiro atoms. The normalized spacial score (nSPS) is 10.3. The number of hydrogen-bond acceptors (Lipinski definition) is 6. The Hall–Kier alpha value is -2.22. The number of aromatic nitrogens is 3. The number of anilines is 1. The molecule has 2 aromatic rings. The third kappa shape index (κ3) is 2.69. The lowest BCUT2D eigenvalue weighted by molar-refractivity contribution is 0.0604. The minimum absolute atomic E-state index is 0.321. The standard InChI is InChI=1S/C12H14N4O3S/c1-4-7-9(11(18)19-3)20-12(14-7)15-10(17)8-5-6-13-16(8)2/h5-6H,4H2,1-3H3,(H,14,15,17). The summed E-state index contributed by atoms with van der Waals surface area (Å²) in [6.45, 7) is 1.88. The number of methoxy groups -OCH3 is 1. The minimum atomic E-state index is -0.444. The van der Waals surface area contributed by atoms with E-state index in [1.807, 2.05) is 6.92 Å². The van der Waals surface area contributed by atoms with E-state index in [9.17, 15) is 9.59 Å². The van der Waals surface area contributed by atoms with Gasteiger partial charge in [-0.25, -0.2) is 9.78 Å². The van der Waals surface area contributed by atoms with Crippen molar-refractivity contribution in [1.29, 1.82) is 0 Å². The second kappa shape index (κ2) is 5.83. The van der Waals surface area contributed by atoms with Crippen molar-refractivity contribution in [3.63, 3.8) is 0 Å². The summed E-state index contributed by atoms with van der Waals surface area (Å²) in [5, 5.41) is 6.95. The summed E-state index contributed by atoms with van der Waals surface area (Å²) in [6.07, 6.45) is 2.12. The fourth-order valence-electron chi connectivity index (χ4n) is 1.65. The molecule has 2 aromatic heterocycles. The van der Waals surface area contributed by atoms with Crippen molar-refractivity contribution in [2.45, 2.75) is 13.3 Å². The Morgan fingerprint density at radius 3 is 2.80 bits per heavy atom. The van der Waals surface area contributed by atoms with Gasteiger partial charge in [-0.05, 0) is 12.5 Å². The van der Waals surface area contributed by atoms with Crippen molar-refractivity contribution in [1.82, 2.24) is 14.8 Å². The van der Waals surface area contributed by atoms with Gasteiger partial charge in [-0.2, -0.15) is 5.10 Å². The number of nitrogens with zero attached hydrogens (tertiary/aromatic N) is 3. The van der Waals surface area contributed by atoms with E-state index in [0.29, 0.717) is 27.8 Å². The summed E-state index contributed by atoms with van der Waals surface area (Å²) < 4.78 is 6.16. The van der Waals surface area contributed by atoms with E-state index in [0.717, 1.165) is 11.3 Å². The fourth-order valence-corrected chi connectivity index (χ4v) is 2.62. The SMILES string of the molecule is CCc1nc(NC(=O)c2ccnn2C)sc1C(=O)OC. The molecule has 0 unspecified atom stereocenters. The fraction of sp³-hybridized carbons (Fsp3) is 0.333. The molecule has 7 nitrogen and oxygen atoms in total. The van der Waals surface area contributed by atoms with E-state index in [4.69, 9.17) is 4.74 Å². The molecule has 0 aromatic carbocycles. The van der Waals surface area contributed by atoms with Gasteiger partial charge in [-0.15, -0.1) is 0 Å². The van der Waals surface area contributed by atoms with Crippen molar-refractivity contribution >= 4 is 28.3 Å². The zero-order valence-corrected chi connectivity index (χ0v) is 12.2. The Labute approximate surface area is 119 Å². The highest BCUT2D eigenvalue weighted by Gasteiger charge is 2.19. The number of aryl methyl sites for hydroxylation is 2. The first-order valence-corrected chi connectivity index (χ1v) is 6.75. The maximum atomic E-state index is 12.0. The maximum absolute atomic E-state index is 12.0. The molecular formula is C12H14N4O3S. The molecule has 0 saturated heterocycles. The van der Waals surface area contributed by atoms with Crippen LogP contribution in [0.3, 0.4) is 0 Å². The lowest BCUT2D eigenvalue weighted by Gasteiger charge is -2.01. The number of carbonyl (C=O) groups excluding carboxylic acids is 2. The predicted molar refractivity (Wildman–Crippen MR) is 74.0 cm³/mol. The highest BCUT2D eigenvalue weighted by Crippen LogP contribution is 2.24. The van der Waals surface area contributed by atoms with Gasteiger partial charge in [0, 0.05) is 13.2 Å². The molecule has 20 heavy (non-hydrogen) atoms. The molecule has 0 atom stereocenters. The largest absolute Gasteiger partial charge is 0.465 e. The Morgan fingerprint density at radius 1 is 1.50 bits per heavy atom. The zero-order chi connectivity index (χ0) is 14.7. The number of esters is 1. The Bertz CT molecular complexity index is 647. The number of nitrogens with one attached hydrogen (secondary N) is 1. The van der Waals surface area contributed by atoms with Crippen LogP contribution < -0.4 is 5.32 Å². The molecule has 1 amide bonds. The first-order valence-electron chi connectivity index (χ1n) is 5.94. The van der Waals surface area contributed by atoms with Gasteiger partial charge in [0.25, 0.3) is 5.91 Å². The predicted octanol–water partition coefficient (Wildman–Crippen LogP) is 1.48. The van der Waals surface area contributed by atoms with Gasteiger partial charge in [0.2, 0.25) is 0 Å². The highest BCUT2D eigenvalue weighted by molar-refractivity contribution is 7.17. The molecule has 0 bridgehead atoms. The second-order valence-electron chi connectivity index (χ2n) is 3.93. The lowest BCUT2D eigenvalue weighted by Crippen LogP contribution is -2.15. The van der Waals surface area contributed by atoms with Crippen LogP contribution in [0.1, 0.15) is 32.8 Å². The molecule has 1 N–H and O–H groups in total. The number of rotatable bonds is 4. The summed E-state index contributed by atoms with van der Waals surface area (Å²) in [5.41, 5.74) is 1.03. The number of hydrogen-bond donors (Lipinski definition) is 1. The van der Waals surface area contributed by atoms with Crippen LogP contribution in [0, 0.1) is 0 Å². The minimum Gasteiger partial charge on any atom is -0.465 e. The molecule has 0 fully saturated rings. The van der Waals surface area contributed by atoms with E-state index < -0.39 is 5.97 Å². The van der Waals surface area contributed by atoms with E-state index in [2.05, 4.69) is 15.4 Å². The average molecular weight is 294 g/mol. The third-order valence-electron chi connectivity index (χ3n) is 2.68. The van der Waals surface area contributed by atoms with Crippen molar-refractivity contribution in [3.05, 3.63) is 28.5 Å². The van der Waals surface area contributed by atoms with Gasteiger partial charge >= 0.3 is 5.97 Å². The van der Waals surface area contributed by atoms with Crippen LogP contribution in [-0.4, -0.2) is 33.8 Å². The zero-order valence-electron chi connectivity index (χ0n) is 11.3. The van der Waals surface area contributed by atoms with Crippen LogP contribution in [0.2, 0.25) is 0 Å². The van der Waals surface area contributed by atoms with Crippen molar-refractivity contribution in [2.75, 3.05) is 12.4 Å². The van der Waals surface area contributed by atoms with Gasteiger partial charge in [-0.1, -0.05) is 18.3 Å². The molecule has 0 aliphatic heterocycles. The molecular weight excluding hydrogens is 280 g/mol. The Kier molecular flexibility index (Phi) is 4.14. The molecule has 0 saturated carbocycles. The molecule has 0 radical (unpaired) electrons. The van der Waals surface area contributed by atoms with E-state index in [1.54, 1.807) is 13.1 Å². The van der Waals surface area contributed by atoms with Crippen LogP contribution in [0.25, 0.3) is 0 Å². The van der Waals surface area contributed by atoms with Crippen LogP contribution in [0.5, 0.6) is 0 Å². The lowest BCUT2D eigenvalue weighted by atomic mass is 10.3. The highest BCUT2D eigenvalue weighted by atomic mass is 32.1. The molecule has 8 heteroatoms. The monoisotopic (exact) mass is 294 g/mol. The second-order valence-corrected chi connectivity index (χ2v) is 4.93. The number of ether oxygens (including phenoxy) is 1. The summed E-state index contributed by atoms with van der Waals surface area (Å²) in [7, 11) is 2.99. The van der Waals surface area contributed by atoms with Crippen molar-refractivity contribution in [3.8, 4) is 0 Å². The quantitative estimate of drug-likeness (QED) is 0.863.